The van der Waals surface area contributed by atoms with Crippen LogP contribution in [0.3, 0.4) is 0 Å². The largest absolute Gasteiger partial charge is 0.492 e. The average Bonchev–Trinajstić information content (AvgIpc) is 3.21. The van der Waals surface area contributed by atoms with Crippen molar-refractivity contribution in [2.75, 3.05) is 26.3 Å². The summed E-state index contributed by atoms with van der Waals surface area (Å²) in [6, 6.07) is 6.07. The molecule has 1 atom stereocenters. The third kappa shape index (κ3) is 4.17. The number of pyridine rings is 1. The summed E-state index contributed by atoms with van der Waals surface area (Å²) in [6.07, 6.45) is 7.97. The number of aryl methyl sites for hydroxylation is 2. The first-order chi connectivity index (χ1) is 13.1. The number of piperidine rings is 1. The molecule has 1 spiro atoms. The van der Waals surface area contributed by atoms with Gasteiger partial charge in [-0.1, -0.05) is 0 Å². The van der Waals surface area contributed by atoms with E-state index in [4.69, 9.17) is 9.47 Å². The normalized spacial score (nSPS) is 22.4. The molecule has 146 valence electrons. The number of nitrogens with zero attached hydrogens (tertiary/aromatic N) is 4. The van der Waals surface area contributed by atoms with Crippen molar-refractivity contribution in [1.29, 1.82) is 0 Å². The second-order valence-corrected chi connectivity index (χ2v) is 7.90. The van der Waals surface area contributed by atoms with Crippen LogP contribution in [0.5, 0.6) is 5.75 Å². The predicted octanol–water partition coefficient (Wildman–Crippen LogP) is 2.96. The highest BCUT2D eigenvalue weighted by atomic mass is 16.5. The molecule has 2 aromatic heterocycles. The fraction of sp³-hybridized carbons (Fsp3) is 0.619. The van der Waals surface area contributed by atoms with Gasteiger partial charge < -0.3 is 9.47 Å². The van der Waals surface area contributed by atoms with Crippen molar-refractivity contribution in [2.45, 2.75) is 44.8 Å². The van der Waals surface area contributed by atoms with E-state index in [9.17, 15) is 0 Å². The highest BCUT2D eigenvalue weighted by molar-refractivity contribution is 5.15. The van der Waals surface area contributed by atoms with Gasteiger partial charge in [-0.2, -0.15) is 5.10 Å². The first kappa shape index (κ1) is 18.4. The van der Waals surface area contributed by atoms with Crippen molar-refractivity contribution in [3.8, 4) is 5.75 Å². The maximum absolute atomic E-state index is 6.31. The first-order valence-electron chi connectivity index (χ1n) is 10.0. The molecule has 0 N–H and O–H groups in total. The lowest BCUT2D eigenvalue weighted by molar-refractivity contribution is -0.0711. The molecule has 4 heterocycles. The molecule has 2 aliphatic heterocycles. The van der Waals surface area contributed by atoms with E-state index in [1.165, 1.54) is 5.69 Å². The van der Waals surface area contributed by atoms with Gasteiger partial charge in [0.05, 0.1) is 29.8 Å². The summed E-state index contributed by atoms with van der Waals surface area (Å²) < 4.78 is 14.2. The van der Waals surface area contributed by atoms with E-state index in [2.05, 4.69) is 28.0 Å². The highest BCUT2D eigenvalue weighted by Crippen LogP contribution is 2.42. The monoisotopic (exact) mass is 370 g/mol. The molecule has 0 bridgehead atoms. The zero-order chi connectivity index (χ0) is 18.7. The molecule has 0 aliphatic carbocycles. The Balaban J connectivity index is 1.29. The summed E-state index contributed by atoms with van der Waals surface area (Å²) in [5, 5.41) is 4.47. The minimum Gasteiger partial charge on any atom is -0.492 e. The van der Waals surface area contributed by atoms with Gasteiger partial charge in [0.15, 0.2) is 0 Å². The summed E-state index contributed by atoms with van der Waals surface area (Å²) in [4.78, 5) is 6.64. The summed E-state index contributed by atoms with van der Waals surface area (Å²) in [5.41, 5.74) is 2.43. The second kappa shape index (κ2) is 7.98. The fourth-order valence-electron chi connectivity index (χ4n) is 4.63. The molecule has 0 unspecified atom stereocenters. The molecule has 2 aromatic rings. The smallest absolute Gasteiger partial charge is 0.137 e. The highest BCUT2D eigenvalue weighted by Gasteiger charge is 2.45. The standard InChI is InChI=1S/C21H30N4O2/c1-17-14-19(24(2)23-17)16-25-10-7-21(8-11-25)18(6-13-27-21)5-12-26-20-4-3-9-22-15-20/h3-4,9,14-15,18H,5-8,10-13,16H2,1-2H3/t18-/m1/s1. The number of hydrogen-bond acceptors (Lipinski definition) is 5. The molecule has 2 saturated heterocycles. The van der Waals surface area contributed by atoms with Crippen LogP contribution in [-0.2, 0) is 18.3 Å². The molecule has 0 aromatic carbocycles. The predicted molar refractivity (Wildman–Crippen MR) is 104 cm³/mol. The van der Waals surface area contributed by atoms with Crippen LogP contribution < -0.4 is 4.74 Å². The summed E-state index contributed by atoms with van der Waals surface area (Å²) >= 11 is 0. The van der Waals surface area contributed by atoms with Gasteiger partial charge in [-0.25, -0.2) is 0 Å². The SMILES string of the molecule is Cc1cc(CN2CCC3(CC2)OCC[C@H]3CCOc2cccnc2)n(C)n1. The molecule has 6 heteroatoms. The minimum absolute atomic E-state index is 0.0528. The Morgan fingerprint density at radius 2 is 2.19 bits per heavy atom. The van der Waals surface area contributed by atoms with Gasteiger partial charge in [0.25, 0.3) is 0 Å². The Morgan fingerprint density at radius 1 is 1.33 bits per heavy atom. The van der Waals surface area contributed by atoms with Crippen molar-refractivity contribution in [3.63, 3.8) is 0 Å². The van der Waals surface area contributed by atoms with Crippen molar-refractivity contribution in [1.82, 2.24) is 19.7 Å². The molecular formula is C21H30N4O2. The number of aromatic nitrogens is 3. The van der Waals surface area contributed by atoms with E-state index in [0.717, 1.165) is 70.0 Å². The van der Waals surface area contributed by atoms with Crippen LogP contribution in [0.1, 0.15) is 37.1 Å². The summed E-state index contributed by atoms with van der Waals surface area (Å²) in [5.74, 6) is 1.45. The maximum atomic E-state index is 6.31. The maximum Gasteiger partial charge on any atom is 0.137 e. The van der Waals surface area contributed by atoms with Crippen molar-refractivity contribution >= 4 is 0 Å². The Morgan fingerprint density at radius 3 is 2.89 bits per heavy atom. The van der Waals surface area contributed by atoms with E-state index in [0.29, 0.717) is 5.92 Å². The molecule has 6 nitrogen and oxygen atoms in total. The number of likely N-dealkylation sites (tertiary alicyclic amines) is 1. The van der Waals surface area contributed by atoms with Crippen LogP contribution in [-0.4, -0.2) is 51.6 Å². The fourth-order valence-corrected chi connectivity index (χ4v) is 4.63. The molecule has 2 fully saturated rings. The number of rotatable bonds is 6. The van der Waals surface area contributed by atoms with E-state index >= 15 is 0 Å². The average molecular weight is 370 g/mol. The number of ether oxygens (including phenoxy) is 2. The van der Waals surface area contributed by atoms with Crippen LogP contribution in [0, 0.1) is 12.8 Å². The third-order valence-corrected chi connectivity index (χ3v) is 6.16. The first-order valence-corrected chi connectivity index (χ1v) is 10.0. The Labute approximate surface area is 161 Å². The van der Waals surface area contributed by atoms with Crippen molar-refractivity contribution in [2.24, 2.45) is 13.0 Å². The number of hydrogen-bond donors (Lipinski definition) is 0. The Hall–Kier alpha value is -1.92. The van der Waals surface area contributed by atoms with Gasteiger partial charge in [-0.15, -0.1) is 0 Å². The molecule has 2 aliphatic rings. The van der Waals surface area contributed by atoms with Crippen molar-refractivity contribution < 1.29 is 9.47 Å². The van der Waals surface area contributed by atoms with E-state index in [1.807, 2.05) is 23.9 Å². The lowest BCUT2D eigenvalue weighted by atomic mass is 9.78. The van der Waals surface area contributed by atoms with E-state index in [1.54, 1.807) is 12.4 Å². The van der Waals surface area contributed by atoms with E-state index < -0.39 is 0 Å². The van der Waals surface area contributed by atoms with Gasteiger partial charge in [0, 0.05) is 39.5 Å². The van der Waals surface area contributed by atoms with Gasteiger partial charge in [0.2, 0.25) is 0 Å². The van der Waals surface area contributed by atoms with Crippen LogP contribution >= 0.6 is 0 Å². The summed E-state index contributed by atoms with van der Waals surface area (Å²) in [6.45, 7) is 6.83. The van der Waals surface area contributed by atoms with Crippen LogP contribution in [0.2, 0.25) is 0 Å². The van der Waals surface area contributed by atoms with E-state index in [-0.39, 0.29) is 5.60 Å². The minimum atomic E-state index is 0.0528. The zero-order valence-electron chi connectivity index (χ0n) is 16.4. The van der Waals surface area contributed by atoms with Crippen LogP contribution in [0.25, 0.3) is 0 Å². The summed E-state index contributed by atoms with van der Waals surface area (Å²) in [7, 11) is 2.03. The molecular weight excluding hydrogens is 340 g/mol. The molecule has 0 amide bonds. The second-order valence-electron chi connectivity index (χ2n) is 7.90. The molecule has 0 saturated carbocycles. The van der Waals surface area contributed by atoms with Gasteiger partial charge >= 0.3 is 0 Å². The van der Waals surface area contributed by atoms with Crippen molar-refractivity contribution in [3.05, 3.63) is 42.0 Å². The Kier molecular flexibility index (Phi) is 5.45. The van der Waals surface area contributed by atoms with Gasteiger partial charge in [0.1, 0.15) is 5.75 Å². The van der Waals surface area contributed by atoms with Crippen LogP contribution in [0.15, 0.2) is 30.6 Å². The van der Waals surface area contributed by atoms with Crippen LogP contribution in [0.4, 0.5) is 0 Å². The quantitative estimate of drug-likeness (QED) is 0.782. The molecule has 4 rings (SSSR count). The Bertz CT molecular complexity index is 738. The third-order valence-electron chi connectivity index (χ3n) is 6.16. The molecule has 27 heavy (non-hydrogen) atoms. The topological polar surface area (TPSA) is 52.4 Å². The molecule has 0 radical (unpaired) electrons. The zero-order valence-corrected chi connectivity index (χ0v) is 16.4. The lowest BCUT2D eigenvalue weighted by Crippen LogP contribution is -2.47. The van der Waals surface area contributed by atoms with Gasteiger partial charge in [-0.3, -0.25) is 14.6 Å². The van der Waals surface area contributed by atoms with Gasteiger partial charge in [-0.05, 0) is 56.7 Å². The lowest BCUT2D eigenvalue weighted by Gasteiger charge is -2.42.